The van der Waals surface area contributed by atoms with E-state index in [0.717, 1.165) is 12.1 Å². The summed E-state index contributed by atoms with van der Waals surface area (Å²) < 4.78 is 31.9. The van der Waals surface area contributed by atoms with E-state index in [1.54, 1.807) is 13.8 Å². The van der Waals surface area contributed by atoms with Crippen molar-refractivity contribution in [1.82, 2.24) is 4.72 Å². The molecule has 0 saturated carbocycles. The van der Waals surface area contributed by atoms with Crippen molar-refractivity contribution in [2.24, 2.45) is 0 Å². The number of para-hydroxylation sites is 1. The third-order valence-corrected chi connectivity index (χ3v) is 4.79. The fraction of sp³-hybridized carbons (Fsp3) is 0.462. The Morgan fingerprint density at radius 3 is 2.45 bits per heavy atom. The van der Waals surface area contributed by atoms with Gasteiger partial charge in [0.15, 0.2) is 4.90 Å². The normalized spacial score (nSPS) is 14.1. The molecule has 1 unspecified atom stereocenters. The van der Waals surface area contributed by atoms with E-state index in [0.29, 0.717) is 0 Å². The van der Waals surface area contributed by atoms with Gasteiger partial charge in [0.1, 0.15) is 5.54 Å². The van der Waals surface area contributed by atoms with Crippen molar-refractivity contribution in [2.45, 2.75) is 37.6 Å². The van der Waals surface area contributed by atoms with E-state index in [9.17, 15) is 23.3 Å². The number of hydrogen-bond donors (Lipinski definition) is 1. The number of hydrogen-bond acceptors (Lipinski definition) is 6. The van der Waals surface area contributed by atoms with Crippen LogP contribution >= 0.6 is 0 Å². The van der Waals surface area contributed by atoms with Gasteiger partial charge in [0.2, 0.25) is 10.0 Å². The average Bonchev–Trinajstić information content (AvgIpc) is 2.46. The van der Waals surface area contributed by atoms with Crippen LogP contribution in [0.3, 0.4) is 0 Å². The second-order valence-electron chi connectivity index (χ2n) is 4.74. The Bertz CT molecular complexity index is 673. The van der Waals surface area contributed by atoms with Crippen molar-refractivity contribution in [3.05, 3.63) is 34.4 Å². The highest BCUT2D eigenvalue weighted by atomic mass is 32.2. The molecule has 0 aliphatic rings. The summed E-state index contributed by atoms with van der Waals surface area (Å²) in [5, 5.41) is 11.0. The molecule has 1 atom stereocenters. The molecule has 0 heterocycles. The van der Waals surface area contributed by atoms with Gasteiger partial charge in [0.25, 0.3) is 5.69 Å². The molecule has 1 rings (SSSR count). The minimum atomic E-state index is -4.26. The van der Waals surface area contributed by atoms with E-state index >= 15 is 0 Å². The molecule has 0 aliphatic carbocycles. The van der Waals surface area contributed by atoms with Crippen molar-refractivity contribution in [1.29, 1.82) is 0 Å². The Kier molecular flexibility index (Phi) is 5.61. The average molecular weight is 330 g/mol. The van der Waals surface area contributed by atoms with Crippen molar-refractivity contribution in [3.8, 4) is 0 Å². The van der Waals surface area contributed by atoms with E-state index in [2.05, 4.69) is 4.72 Å². The molecule has 9 heteroatoms. The fourth-order valence-electron chi connectivity index (χ4n) is 1.74. The largest absolute Gasteiger partial charge is 0.465 e. The molecule has 1 aromatic carbocycles. The lowest BCUT2D eigenvalue weighted by Crippen LogP contribution is -2.52. The van der Waals surface area contributed by atoms with Crippen LogP contribution in [0.15, 0.2) is 29.2 Å². The molecule has 0 saturated heterocycles. The monoisotopic (exact) mass is 330 g/mol. The van der Waals surface area contributed by atoms with E-state index in [-0.39, 0.29) is 13.0 Å². The molecule has 22 heavy (non-hydrogen) atoms. The summed E-state index contributed by atoms with van der Waals surface area (Å²) in [7, 11) is -4.26. The molecule has 122 valence electrons. The van der Waals surface area contributed by atoms with Crippen LogP contribution in [0, 0.1) is 10.1 Å². The second kappa shape index (κ2) is 6.84. The van der Waals surface area contributed by atoms with E-state index in [1.807, 2.05) is 0 Å². The molecule has 0 aromatic heterocycles. The zero-order chi connectivity index (χ0) is 17.0. The molecule has 0 bridgehead atoms. The first-order chi connectivity index (χ1) is 10.2. The summed E-state index contributed by atoms with van der Waals surface area (Å²) in [5.41, 5.74) is -2.06. The topological polar surface area (TPSA) is 116 Å². The molecule has 1 aromatic rings. The van der Waals surface area contributed by atoms with Crippen LogP contribution in [0.25, 0.3) is 0 Å². The van der Waals surface area contributed by atoms with Gasteiger partial charge in [-0.05, 0) is 26.3 Å². The molecule has 0 aliphatic heterocycles. The van der Waals surface area contributed by atoms with Crippen LogP contribution in [0.1, 0.15) is 27.2 Å². The van der Waals surface area contributed by atoms with Crippen LogP contribution in [-0.4, -0.2) is 31.5 Å². The predicted molar refractivity (Wildman–Crippen MR) is 78.7 cm³/mol. The lowest BCUT2D eigenvalue weighted by molar-refractivity contribution is -0.387. The number of carbonyl (C=O) groups is 1. The first-order valence-electron chi connectivity index (χ1n) is 6.62. The highest BCUT2D eigenvalue weighted by Crippen LogP contribution is 2.25. The number of rotatable bonds is 7. The minimum absolute atomic E-state index is 0.0988. The van der Waals surface area contributed by atoms with Gasteiger partial charge in [-0.25, -0.2) is 8.42 Å². The van der Waals surface area contributed by atoms with E-state index in [1.165, 1.54) is 19.1 Å². The first-order valence-corrected chi connectivity index (χ1v) is 8.11. The molecule has 0 spiro atoms. The van der Waals surface area contributed by atoms with Gasteiger partial charge in [-0.2, -0.15) is 4.72 Å². The zero-order valence-corrected chi connectivity index (χ0v) is 13.3. The summed E-state index contributed by atoms with van der Waals surface area (Å²) in [6, 6.07) is 4.93. The number of esters is 1. The third kappa shape index (κ3) is 3.80. The van der Waals surface area contributed by atoms with Crippen LogP contribution in [0.5, 0.6) is 0 Å². The van der Waals surface area contributed by atoms with Gasteiger partial charge in [0, 0.05) is 6.07 Å². The Hall–Kier alpha value is -2.00. The van der Waals surface area contributed by atoms with Gasteiger partial charge >= 0.3 is 5.97 Å². The Morgan fingerprint density at radius 2 is 1.95 bits per heavy atom. The summed E-state index contributed by atoms with van der Waals surface area (Å²) >= 11 is 0. The van der Waals surface area contributed by atoms with Crippen LogP contribution in [0.4, 0.5) is 5.69 Å². The standard InChI is InChI=1S/C13H18N2O6S/c1-4-13(3,12(16)21-5-2)14-22(19,20)11-9-7-6-8-10(11)15(17)18/h6-9,14H,4-5H2,1-3H3. The van der Waals surface area contributed by atoms with Crippen LogP contribution in [0.2, 0.25) is 0 Å². The van der Waals surface area contributed by atoms with Crippen molar-refractivity contribution in [3.63, 3.8) is 0 Å². The number of nitro benzene ring substituents is 1. The molecule has 8 nitrogen and oxygen atoms in total. The SMILES string of the molecule is CCOC(=O)C(C)(CC)NS(=O)(=O)c1ccccc1[N+](=O)[O-]. The highest BCUT2D eigenvalue weighted by Gasteiger charge is 2.39. The van der Waals surface area contributed by atoms with Gasteiger partial charge < -0.3 is 4.74 Å². The van der Waals surface area contributed by atoms with Gasteiger partial charge in [-0.3, -0.25) is 14.9 Å². The second-order valence-corrected chi connectivity index (χ2v) is 6.39. The van der Waals surface area contributed by atoms with Crippen LogP contribution < -0.4 is 4.72 Å². The quantitative estimate of drug-likeness (QED) is 0.461. The number of carbonyl (C=O) groups excluding carboxylic acids is 1. The number of sulfonamides is 1. The number of nitrogens with one attached hydrogen (secondary N) is 1. The van der Waals surface area contributed by atoms with Crippen LogP contribution in [-0.2, 0) is 19.6 Å². The molecule has 0 amide bonds. The maximum atomic E-state index is 12.4. The van der Waals surface area contributed by atoms with Gasteiger partial charge in [0.05, 0.1) is 11.5 Å². The van der Waals surface area contributed by atoms with E-state index in [4.69, 9.17) is 4.74 Å². The Morgan fingerprint density at radius 1 is 1.36 bits per heavy atom. The highest BCUT2D eigenvalue weighted by molar-refractivity contribution is 7.89. The molecule has 1 N–H and O–H groups in total. The summed E-state index contributed by atoms with van der Waals surface area (Å²) in [6.07, 6.45) is 0.131. The Balaban J connectivity index is 3.26. The molecule has 0 fully saturated rings. The van der Waals surface area contributed by atoms with Crippen molar-refractivity contribution in [2.75, 3.05) is 6.61 Å². The maximum absolute atomic E-state index is 12.4. The van der Waals surface area contributed by atoms with Crippen molar-refractivity contribution < 1.29 is 22.9 Å². The summed E-state index contributed by atoms with van der Waals surface area (Å²) in [5.74, 6) is -0.736. The lowest BCUT2D eigenvalue weighted by Gasteiger charge is -2.26. The molecular weight excluding hydrogens is 312 g/mol. The predicted octanol–water partition coefficient (Wildman–Crippen LogP) is 1.60. The van der Waals surface area contributed by atoms with Gasteiger partial charge in [-0.15, -0.1) is 0 Å². The summed E-state index contributed by atoms with van der Waals surface area (Å²) in [6.45, 7) is 4.68. The Labute approximate surface area is 128 Å². The molecule has 0 radical (unpaired) electrons. The molecular formula is C13H18N2O6S. The first kappa shape index (κ1) is 18.1. The third-order valence-electron chi connectivity index (χ3n) is 3.14. The number of benzene rings is 1. The van der Waals surface area contributed by atoms with Crippen molar-refractivity contribution >= 4 is 21.7 Å². The smallest absolute Gasteiger partial charge is 0.327 e. The number of nitro groups is 1. The summed E-state index contributed by atoms with van der Waals surface area (Å²) in [4.78, 5) is 21.6. The van der Waals surface area contributed by atoms with Gasteiger partial charge in [-0.1, -0.05) is 19.1 Å². The zero-order valence-electron chi connectivity index (χ0n) is 12.5. The minimum Gasteiger partial charge on any atom is -0.465 e. The lowest BCUT2D eigenvalue weighted by atomic mass is 10.0. The number of nitrogens with zero attached hydrogens (tertiary/aromatic N) is 1. The maximum Gasteiger partial charge on any atom is 0.327 e. The fourth-order valence-corrected chi connectivity index (χ4v) is 3.34. The number of ether oxygens (including phenoxy) is 1. The van der Waals surface area contributed by atoms with E-state index < -0.39 is 37.0 Å².